The molecule has 1 atom stereocenters. The third kappa shape index (κ3) is 4.63. The maximum atomic E-state index is 12.7. The molecule has 1 N–H and O–H groups in total. The molecule has 1 amide bonds. The Bertz CT molecular complexity index is 793. The van der Waals surface area contributed by atoms with Crippen LogP contribution in [0.25, 0.3) is 0 Å². The molecule has 26 heavy (non-hydrogen) atoms. The van der Waals surface area contributed by atoms with Crippen LogP contribution in [-0.2, 0) is 9.53 Å². The molecule has 138 valence electrons. The Hall–Kier alpha value is -2.82. The van der Waals surface area contributed by atoms with Crippen molar-refractivity contribution in [2.45, 2.75) is 40.2 Å². The Labute approximate surface area is 154 Å². The van der Waals surface area contributed by atoms with Crippen molar-refractivity contribution in [1.82, 2.24) is 0 Å². The van der Waals surface area contributed by atoms with E-state index in [-0.39, 0.29) is 5.91 Å². The van der Waals surface area contributed by atoms with E-state index in [1.807, 2.05) is 32.9 Å². The van der Waals surface area contributed by atoms with Crippen LogP contribution in [0.15, 0.2) is 36.4 Å². The number of esters is 1. The molecule has 0 heterocycles. The van der Waals surface area contributed by atoms with Gasteiger partial charge in [-0.2, -0.15) is 0 Å². The molecule has 1 unspecified atom stereocenters. The van der Waals surface area contributed by atoms with Crippen LogP contribution in [0.2, 0.25) is 0 Å². The summed E-state index contributed by atoms with van der Waals surface area (Å²) in [6.45, 7) is 7.64. The molecule has 2 aromatic rings. The molecule has 0 aliphatic carbocycles. The normalized spacial score (nSPS) is 11.6. The largest absolute Gasteiger partial charge is 0.481 e. The van der Waals surface area contributed by atoms with Crippen molar-refractivity contribution >= 4 is 17.6 Å². The fourth-order valence-electron chi connectivity index (χ4n) is 2.80. The Morgan fingerprint density at radius 1 is 1.08 bits per heavy atom. The van der Waals surface area contributed by atoms with Crippen molar-refractivity contribution < 1.29 is 19.1 Å². The van der Waals surface area contributed by atoms with Crippen LogP contribution >= 0.6 is 0 Å². The van der Waals surface area contributed by atoms with Crippen molar-refractivity contribution in [3.63, 3.8) is 0 Å². The highest BCUT2D eigenvalue weighted by Gasteiger charge is 2.21. The summed E-state index contributed by atoms with van der Waals surface area (Å²) >= 11 is 0. The van der Waals surface area contributed by atoms with Crippen LogP contribution < -0.4 is 10.1 Å². The lowest BCUT2D eigenvalue weighted by Crippen LogP contribution is -2.32. The molecule has 0 saturated heterocycles. The maximum absolute atomic E-state index is 12.7. The Kier molecular flexibility index (Phi) is 6.39. The first kappa shape index (κ1) is 19.5. The number of hydrogen-bond donors (Lipinski definition) is 1. The van der Waals surface area contributed by atoms with E-state index in [0.29, 0.717) is 29.0 Å². The van der Waals surface area contributed by atoms with Gasteiger partial charge in [-0.1, -0.05) is 19.1 Å². The lowest BCUT2D eigenvalue weighted by molar-refractivity contribution is -0.122. The fourth-order valence-corrected chi connectivity index (χ4v) is 2.80. The Morgan fingerprint density at radius 3 is 2.31 bits per heavy atom. The van der Waals surface area contributed by atoms with E-state index in [1.54, 1.807) is 25.1 Å². The van der Waals surface area contributed by atoms with Gasteiger partial charge in [-0.05, 0) is 68.1 Å². The van der Waals surface area contributed by atoms with Gasteiger partial charge >= 0.3 is 5.97 Å². The molecule has 0 aliphatic rings. The van der Waals surface area contributed by atoms with Gasteiger partial charge in [0.25, 0.3) is 5.91 Å². The summed E-state index contributed by atoms with van der Waals surface area (Å²) < 4.78 is 10.7. The molecule has 5 heteroatoms. The number of aryl methyl sites for hydroxylation is 2. The zero-order valence-corrected chi connectivity index (χ0v) is 15.9. The molecule has 2 rings (SSSR count). The van der Waals surface area contributed by atoms with E-state index in [0.717, 1.165) is 11.1 Å². The molecular formula is C21H25NO4. The standard InChI is InChI=1S/C21H25NO4/c1-6-19(26-16-11-13(2)10-14(3)12-16)20(23)22-18-9-7-8-17(15(18)4)21(24)25-5/h7-12,19H,6H2,1-5H3,(H,22,23). The van der Waals surface area contributed by atoms with Crippen LogP contribution in [0.1, 0.15) is 40.4 Å². The molecular weight excluding hydrogens is 330 g/mol. The van der Waals surface area contributed by atoms with Crippen LogP contribution in [-0.4, -0.2) is 25.1 Å². The summed E-state index contributed by atoms with van der Waals surface area (Å²) in [4.78, 5) is 24.5. The number of benzene rings is 2. The van der Waals surface area contributed by atoms with Crippen molar-refractivity contribution in [2.75, 3.05) is 12.4 Å². The second-order valence-corrected chi connectivity index (χ2v) is 6.30. The van der Waals surface area contributed by atoms with Gasteiger partial charge in [0, 0.05) is 5.69 Å². The number of anilines is 1. The van der Waals surface area contributed by atoms with E-state index >= 15 is 0 Å². The predicted molar refractivity (Wildman–Crippen MR) is 102 cm³/mol. The number of methoxy groups -OCH3 is 1. The third-order valence-electron chi connectivity index (χ3n) is 4.13. The summed E-state index contributed by atoms with van der Waals surface area (Å²) in [6.07, 6.45) is -0.105. The molecule has 0 bridgehead atoms. The quantitative estimate of drug-likeness (QED) is 0.789. The van der Waals surface area contributed by atoms with Crippen LogP contribution in [0, 0.1) is 20.8 Å². The molecule has 0 spiro atoms. The smallest absolute Gasteiger partial charge is 0.338 e. The average Bonchev–Trinajstić information content (AvgIpc) is 2.59. The number of hydrogen-bond acceptors (Lipinski definition) is 4. The summed E-state index contributed by atoms with van der Waals surface area (Å²) in [6, 6.07) is 11.0. The molecule has 0 radical (unpaired) electrons. The van der Waals surface area contributed by atoms with Gasteiger partial charge in [0.05, 0.1) is 12.7 Å². The summed E-state index contributed by atoms with van der Waals surface area (Å²) in [5, 5.41) is 2.86. The number of carbonyl (C=O) groups excluding carboxylic acids is 2. The lowest BCUT2D eigenvalue weighted by Gasteiger charge is -2.19. The summed E-state index contributed by atoms with van der Waals surface area (Å²) in [5.41, 5.74) is 3.82. The highest BCUT2D eigenvalue weighted by molar-refractivity contribution is 5.98. The first-order valence-electron chi connectivity index (χ1n) is 8.59. The van der Waals surface area contributed by atoms with Crippen molar-refractivity contribution in [3.05, 3.63) is 58.7 Å². The van der Waals surface area contributed by atoms with E-state index in [4.69, 9.17) is 9.47 Å². The number of rotatable bonds is 6. The van der Waals surface area contributed by atoms with Gasteiger partial charge in [-0.3, -0.25) is 4.79 Å². The number of carbonyl (C=O) groups is 2. The van der Waals surface area contributed by atoms with Gasteiger partial charge in [-0.15, -0.1) is 0 Å². The minimum atomic E-state index is -0.627. The van der Waals surface area contributed by atoms with Crippen molar-refractivity contribution in [2.24, 2.45) is 0 Å². The second-order valence-electron chi connectivity index (χ2n) is 6.30. The van der Waals surface area contributed by atoms with E-state index in [9.17, 15) is 9.59 Å². The van der Waals surface area contributed by atoms with Crippen molar-refractivity contribution in [3.8, 4) is 5.75 Å². The zero-order valence-electron chi connectivity index (χ0n) is 15.9. The van der Waals surface area contributed by atoms with Gasteiger partial charge in [0.2, 0.25) is 0 Å². The minimum absolute atomic E-state index is 0.253. The second kappa shape index (κ2) is 8.52. The zero-order chi connectivity index (χ0) is 19.3. The monoisotopic (exact) mass is 355 g/mol. The van der Waals surface area contributed by atoms with Gasteiger partial charge in [-0.25, -0.2) is 4.79 Å². The Balaban J connectivity index is 2.18. The highest BCUT2D eigenvalue weighted by Crippen LogP contribution is 2.22. The number of ether oxygens (including phenoxy) is 2. The highest BCUT2D eigenvalue weighted by atomic mass is 16.5. The van der Waals surface area contributed by atoms with Gasteiger partial charge < -0.3 is 14.8 Å². The van der Waals surface area contributed by atoms with Crippen molar-refractivity contribution in [1.29, 1.82) is 0 Å². The van der Waals surface area contributed by atoms with Gasteiger partial charge in [0.15, 0.2) is 6.10 Å². The minimum Gasteiger partial charge on any atom is -0.481 e. The first-order valence-corrected chi connectivity index (χ1v) is 8.59. The lowest BCUT2D eigenvalue weighted by atomic mass is 10.1. The fraction of sp³-hybridized carbons (Fsp3) is 0.333. The first-order chi connectivity index (χ1) is 12.3. The maximum Gasteiger partial charge on any atom is 0.338 e. The average molecular weight is 355 g/mol. The predicted octanol–water partition coefficient (Wildman–Crippen LogP) is 4.19. The molecule has 2 aromatic carbocycles. The van der Waals surface area contributed by atoms with Gasteiger partial charge in [0.1, 0.15) is 5.75 Å². The van der Waals surface area contributed by atoms with E-state index in [1.165, 1.54) is 7.11 Å². The third-order valence-corrected chi connectivity index (χ3v) is 4.13. The van der Waals surface area contributed by atoms with Crippen LogP contribution in [0.4, 0.5) is 5.69 Å². The number of amides is 1. The SMILES string of the molecule is CCC(Oc1cc(C)cc(C)c1)C(=O)Nc1cccc(C(=O)OC)c1C. The van der Waals surface area contributed by atoms with E-state index in [2.05, 4.69) is 11.4 Å². The van der Waals surface area contributed by atoms with E-state index < -0.39 is 12.1 Å². The van der Waals surface area contributed by atoms with Crippen LogP contribution in [0.5, 0.6) is 5.75 Å². The summed E-state index contributed by atoms with van der Waals surface area (Å²) in [7, 11) is 1.33. The molecule has 0 fully saturated rings. The molecule has 0 aromatic heterocycles. The Morgan fingerprint density at radius 2 is 1.73 bits per heavy atom. The molecule has 0 aliphatic heterocycles. The molecule has 0 saturated carbocycles. The van der Waals surface area contributed by atoms with Crippen LogP contribution in [0.3, 0.4) is 0 Å². The number of nitrogens with one attached hydrogen (secondary N) is 1. The summed E-state index contributed by atoms with van der Waals surface area (Å²) in [5.74, 6) is -0.0153. The topological polar surface area (TPSA) is 64.6 Å². The molecule has 5 nitrogen and oxygen atoms in total.